The zero-order valence-corrected chi connectivity index (χ0v) is 13.7. The third-order valence-corrected chi connectivity index (χ3v) is 3.44. The average molecular weight is 354 g/mol. The standard InChI is InChI=1S/C12H26N4.HI/c1-4-16(5-2)12(13)14-10-11-6-8-15(3)9-7-11;/h11H,4-10H2,1-3H3,(H2,13,14);1H. The molecule has 0 atom stereocenters. The summed E-state index contributed by atoms with van der Waals surface area (Å²) in [7, 11) is 2.18. The molecule has 0 aromatic carbocycles. The molecule has 0 amide bonds. The van der Waals surface area contributed by atoms with Gasteiger partial charge in [0.15, 0.2) is 5.96 Å². The van der Waals surface area contributed by atoms with E-state index in [-0.39, 0.29) is 24.0 Å². The van der Waals surface area contributed by atoms with Crippen LogP contribution in [0.5, 0.6) is 0 Å². The van der Waals surface area contributed by atoms with Crippen LogP contribution in [0.1, 0.15) is 26.7 Å². The predicted molar refractivity (Wildman–Crippen MR) is 85.0 cm³/mol. The van der Waals surface area contributed by atoms with Gasteiger partial charge in [0.1, 0.15) is 0 Å². The van der Waals surface area contributed by atoms with Crippen LogP contribution in [0.3, 0.4) is 0 Å². The molecule has 5 heteroatoms. The van der Waals surface area contributed by atoms with E-state index in [1.54, 1.807) is 0 Å². The van der Waals surface area contributed by atoms with E-state index in [9.17, 15) is 0 Å². The molecule has 17 heavy (non-hydrogen) atoms. The maximum Gasteiger partial charge on any atom is 0.191 e. The molecule has 1 fully saturated rings. The van der Waals surface area contributed by atoms with Crippen LogP contribution >= 0.6 is 24.0 Å². The van der Waals surface area contributed by atoms with Gasteiger partial charge >= 0.3 is 0 Å². The Morgan fingerprint density at radius 1 is 1.29 bits per heavy atom. The molecular formula is C12H27IN4. The van der Waals surface area contributed by atoms with Gasteiger partial charge in [-0.25, -0.2) is 0 Å². The fourth-order valence-electron chi connectivity index (χ4n) is 2.11. The molecule has 0 aliphatic carbocycles. The van der Waals surface area contributed by atoms with Crippen LogP contribution < -0.4 is 5.73 Å². The second kappa shape index (κ2) is 8.97. The molecule has 2 N–H and O–H groups in total. The Morgan fingerprint density at radius 3 is 2.29 bits per heavy atom. The number of nitrogens with zero attached hydrogens (tertiary/aromatic N) is 3. The number of nitrogens with two attached hydrogens (primary N) is 1. The molecule has 1 aliphatic heterocycles. The van der Waals surface area contributed by atoms with E-state index in [4.69, 9.17) is 5.73 Å². The van der Waals surface area contributed by atoms with Gasteiger partial charge < -0.3 is 15.5 Å². The Bertz CT molecular complexity index is 221. The van der Waals surface area contributed by atoms with E-state index < -0.39 is 0 Å². The lowest BCUT2D eigenvalue weighted by atomic mass is 9.97. The van der Waals surface area contributed by atoms with Gasteiger partial charge in [0.2, 0.25) is 0 Å². The van der Waals surface area contributed by atoms with Crippen molar-refractivity contribution in [1.82, 2.24) is 9.80 Å². The van der Waals surface area contributed by atoms with Crippen molar-refractivity contribution in [3.8, 4) is 0 Å². The third kappa shape index (κ3) is 5.90. The Hall–Kier alpha value is -0.0400. The molecule has 0 spiro atoms. The molecule has 1 saturated heterocycles. The SMILES string of the molecule is CCN(CC)C(N)=NCC1CCN(C)CC1.I. The first-order chi connectivity index (χ1) is 7.67. The summed E-state index contributed by atoms with van der Waals surface area (Å²) in [5.74, 6) is 1.44. The fraction of sp³-hybridized carbons (Fsp3) is 0.917. The van der Waals surface area contributed by atoms with Crippen molar-refractivity contribution < 1.29 is 0 Å². The zero-order chi connectivity index (χ0) is 12.0. The Morgan fingerprint density at radius 2 is 1.82 bits per heavy atom. The molecule has 1 heterocycles. The van der Waals surface area contributed by atoms with E-state index in [2.05, 4.69) is 35.7 Å². The maximum absolute atomic E-state index is 5.95. The van der Waals surface area contributed by atoms with Crippen molar-refractivity contribution >= 4 is 29.9 Å². The molecular weight excluding hydrogens is 327 g/mol. The first-order valence-electron chi connectivity index (χ1n) is 6.40. The summed E-state index contributed by atoms with van der Waals surface area (Å²) < 4.78 is 0. The largest absolute Gasteiger partial charge is 0.370 e. The van der Waals surface area contributed by atoms with Crippen molar-refractivity contribution in [2.75, 3.05) is 39.8 Å². The summed E-state index contributed by atoms with van der Waals surface area (Å²) in [5.41, 5.74) is 5.95. The summed E-state index contributed by atoms with van der Waals surface area (Å²) in [6.45, 7) is 9.41. The normalized spacial score (nSPS) is 18.9. The number of hydrogen-bond donors (Lipinski definition) is 1. The van der Waals surface area contributed by atoms with Gasteiger partial charge in [-0.1, -0.05) is 0 Å². The molecule has 102 valence electrons. The number of aliphatic imine (C=N–C) groups is 1. The molecule has 1 aliphatic rings. The van der Waals surface area contributed by atoms with Crippen LogP contribution in [0.4, 0.5) is 0 Å². The van der Waals surface area contributed by atoms with Gasteiger partial charge in [-0.15, -0.1) is 24.0 Å². The molecule has 1 rings (SSSR count). The lowest BCUT2D eigenvalue weighted by molar-refractivity contribution is 0.223. The number of halogens is 1. The second-order valence-corrected chi connectivity index (χ2v) is 4.62. The van der Waals surface area contributed by atoms with Crippen LogP contribution in [-0.2, 0) is 0 Å². The fourth-order valence-corrected chi connectivity index (χ4v) is 2.11. The molecule has 0 saturated carbocycles. The molecule has 0 aromatic rings. The predicted octanol–water partition coefficient (Wildman–Crippen LogP) is 1.60. The van der Waals surface area contributed by atoms with Crippen molar-refractivity contribution in [3.63, 3.8) is 0 Å². The number of likely N-dealkylation sites (tertiary alicyclic amines) is 1. The monoisotopic (exact) mass is 354 g/mol. The van der Waals surface area contributed by atoms with Crippen LogP contribution in [0.2, 0.25) is 0 Å². The van der Waals surface area contributed by atoms with Gasteiger partial charge in [-0.05, 0) is 52.7 Å². The van der Waals surface area contributed by atoms with Crippen molar-refractivity contribution in [3.05, 3.63) is 0 Å². The Balaban J connectivity index is 0.00000256. The number of piperidine rings is 1. The van der Waals surface area contributed by atoms with Crippen molar-refractivity contribution in [1.29, 1.82) is 0 Å². The van der Waals surface area contributed by atoms with E-state index in [0.29, 0.717) is 5.96 Å². The average Bonchev–Trinajstić information content (AvgIpc) is 2.30. The minimum absolute atomic E-state index is 0. The summed E-state index contributed by atoms with van der Waals surface area (Å²) in [6.07, 6.45) is 2.51. The highest BCUT2D eigenvalue weighted by Crippen LogP contribution is 2.15. The van der Waals surface area contributed by atoms with Gasteiger partial charge in [-0.2, -0.15) is 0 Å². The quantitative estimate of drug-likeness (QED) is 0.474. The highest BCUT2D eigenvalue weighted by Gasteiger charge is 2.16. The van der Waals surface area contributed by atoms with Gasteiger partial charge in [0, 0.05) is 19.6 Å². The molecule has 0 bridgehead atoms. The molecule has 4 nitrogen and oxygen atoms in total. The van der Waals surface area contributed by atoms with Crippen LogP contribution in [-0.4, -0.2) is 55.5 Å². The van der Waals surface area contributed by atoms with Crippen molar-refractivity contribution in [2.24, 2.45) is 16.6 Å². The first-order valence-corrected chi connectivity index (χ1v) is 6.40. The number of rotatable bonds is 4. The van der Waals surface area contributed by atoms with E-state index >= 15 is 0 Å². The van der Waals surface area contributed by atoms with Crippen LogP contribution in [0.25, 0.3) is 0 Å². The van der Waals surface area contributed by atoms with E-state index in [1.165, 1.54) is 25.9 Å². The van der Waals surface area contributed by atoms with Crippen LogP contribution in [0.15, 0.2) is 4.99 Å². The summed E-state index contributed by atoms with van der Waals surface area (Å²) >= 11 is 0. The number of guanidine groups is 1. The van der Waals surface area contributed by atoms with Crippen molar-refractivity contribution in [2.45, 2.75) is 26.7 Å². The minimum atomic E-state index is 0. The van der Waals surface area contributed by atoms with Gasteiger partial charge in [0.05, 0.1) is 0 Å². The van der Waals surface area contributed by atoms with Crippen LogP contribution in [0, 0.1) is 5.92 Å². The Labute approximate surface area is 123 Å². The maximum atomic E-state index is 5.95. The summed E-state index contributed by atoms with van der Waals surface area (Å²) in [6, 6.07) is 0. The highest BCUT2D eigenvalue weighted by atomic mass is 127. The molecule has 0 aromatic heterocycles. The summed E-state index contributed by atoms with van der Waals surface area (Å²) in [4.78, 5) is 9.01. The second-order valence-electron chi connectivity index (χ2n) is 4.62. The summed E-state index contributed by atoms with van der Waals surface area (Å²) in [5, 5.41) is 0. The third-order valence-electron chi connectivity index (χ3n) is 3.44. The topological polar surface area (TPSA) is 44.9 Å². The zero-order valence-electron chi connectivity index (χ0n) is 11.4. The van der Waals surface area contributed by atoms with E-state index in [1.807, 2.05) is 0 Å². The molecule has 0 unspecified atom stereocenters. The molecule has 0 radical (unpaired) electrons. The minimum Gasteiger partial charge on any atom is -0.370 e. The van der Waals surface area contributed by atoms with Gasteiger partial charge in [-0.3, -0.25) is 4.99 Å². The smallest absolute Gasteiger partial charge is 0.191 e. The lowest BCUT2D eigenvalue weighted by Crippen LogP contribution is -2.38. The Kier molecular flexibility index (Phi) is 8.94. The highest BCUT2D eigenvalue weighted by molar-refractivity contribution is 14.0. The van der Waals surface area contributed by atoms with Gasteiger partial charge in [0.25, 0.3) is 0 Å². The van der Waals surface area contributed by atoms with E-state index in [0.717, 1.165) is 25.6 Å². The lowest BCUT2D eigenvalue weighted by Gasteiger charge is -2.28. The first kappa shape index (κ1) is 17.0. The number of hydrogen-bond acceptors (Lipinski definition) is 2.